The lowest BCUT2D eigenvalue weighted by Gasteiger charge is -2.21. The molecular weight excluding hydrogens is 323 g/mol. The summed E-state index contributed by atoms with van der Waals surface area (Å²) in [6.07, 6.45) is 1.53. The minimum atomic E-state index is -0.263. The van der Waals surface area contributed by atoms with E-state index in [1.165, 1.54) is 12.4 Å². The lowest BCUT2D eigenvalue weighted by molar-refractivity contribution is 0.181. The molecule has 0 bridgehead atoms. The number of aliphatic imine (C=N–C) groups is 1. The normalized spacial score (nSPS) is 11.6. The largest absolute Gasteiger partial charge is 0.380 e. The van der Waals surface area contributed by atoms with Crippen LogP contribution in [0.25, 0.3) is 0 Å². The zero-order valence-electron chi connectivity index (χ0n) is 15.2. The fourth-order valence-electron chi connectivity index (χ4n) is 2.38. The molecule has 0 unspecified atom stereocenters. The topological polar surface area (TPSA) is 67.6 Å². The summed E-state index contributed by atoms with van der Waals surface area (Å²) in [5, 5.41) is 7.33. The summed E-state index contributed by atoms with van der Waals surface area (Å²) >= 11 is 0. The molecule has 1 heterocycles. The molecule has 0 spiro atoms. The summed E-state index contributed by atoms with van der Waals surface area (Å²) in [7, 11) is 5.35. The minimum Gasteiger partial charge on any atom is -0.380 e. The minimum absolute atomic E-state index is 0.246. The second-order valence-electron chi connectivity index (χ2n) is 5.68. The molecule has 1 aromatic heterocycles. The number of guanidine groups is 1. The number of aromatic nitrogens is 3. The number of rotatable bonds is 7. The smallest absolute Gasteiger partial charge is 0.194 e. The van der Waals surface area contributed by atoms with Gasteiger partial charge in [0.15, 0.2) is 5.96 Å². The van der Waals surface area contributed by atoms with Crippen LogP contribution in [-0.2, 0) is 31.5 Å². The summed E-state index contributed by atoms with van der Waals surface area (Å²) in [5.41, 5.74) is 1.46. The summed E-state index contributed by atoms with van der Waals surface area (Å²) < 4.78 is 20.5. The van der Waals surface area contributed by atoms with Gasteiger partial charge in [-0.15, -0.1) is 0 Å². The molecule has 0 aliphatic rings. The monoisotopic (exact) mass is 348 g/mol. The molecule has 1 N–H and O–H groups in total. The SMILES string of the molecule is CCNC(=NCc1ccc(F)c(COC)c1)N(C)Cc1ncnn1C. The van der Waals surface area contributed by atoms with Crippen LogP contribution in [-0.4, -0.2) is 46.3 Å². The lowest BCUT2D eigenvalue weighted by atomic mass is 10.1. The Hall–Kier alpha value is -2.48. The maximum absolute atomic E-state index is 13.7. The summed E-state index contributed by atoms with van der Waals surface area (Å²) in [4.78, 5) is 10.8. The molecule has 1 aromatic carbocycles. The van der Waals surface area contributed by atoms with Crippen molar-refractivity contribution in [3.63, 3.8) is 0 Å². The molecule has 25 heavy (non-hydrogen) atoms. The van der Waals surface area contributed by atoms with Crippen molar-refractivity contribution in [2.45, 2.75) is 26.6 Å². The van der Waals surface area contributed by atoms with Gasteiger partial charge in [-0.2, -0.15) is 5.10 Å². The first kappa shape index (κ1) is 18.9. The van der Waals surface area contributed by atoms with Crippen LogP contribution in [0.15, 0.2) is 29.5 Å². The number of hydrogen-bond donors (Lipinski definition) is 1. The van der Waals surface area contributed by atoms with Gasteiger partial charge in [-0.3, -0.25) is 4.68 Å². The van der Waals surface area contributed by atoms with Crippen molar-refractivity contribution in [2.24, 2.45) is 12.0 Å². The average Bonchev–Trinajstić information content (AvgIpc) is 2.99. The van der Waals surface area contributed by atoms with E-state index in [0.29, 0.717) is 18.7 Å². The third kappa shape index (κ3) is 5.25. The highest BCUT2D eigenvalue weighted by Gasteiger charge is 2.10. The van der Waals surface area contributed by atoms with Gasteiger partial charge in [0.1, 0.15) is 18.0 Å². The Kier molecular flexibility index (Phi) is 6.88. The Balaban J connectivity index is 2.11. The van der Waals surface area contributed by atoms with E-state index in [-0.39, 0.29) is 12.4 Å². The van der Waals surface area contributed by atoms with E-state index >= 15 is 0 Å². The van der Waals surface area contributed by atoms with Crippen molar-refractivity contribution >= 4 is 5.96 Å². The zero-order valence-corrected chi connectivity index (χ0v) is 15.2. The van der Waals surface area contributed by atoms with Crippen LogP contribution >= 0.6 is 0 Å². The Morgan fingerprint density at radius 2 is 2.24 bits per heavy atom. The number of benzene rings is 1. The highest BCUT2D eigenvalue weighted by Crippen LogP contribution is 2.13. The molecule has 2 rings (SSSR count). The van der Waals surface area contributed by atoms with E-state index in [4.69, 9.17) is 4.74 Å². The van der Waals surface area contributed by atoms with E-state index in [2.05, 4.69) is 20.4 Å². The number of nitrogens with zero attached hydrogens (tertiary/aromatic N) is 5. The maximum atomic E-state index is 13.7. The summed E-state index contributed by atoms with van der Waals surface area (Å²) in [6, 6.07) is 4.98. The number of halogens is 1. The molecule has 8 heteroatoms. The molecular formula is C17H25FN6O. The molecule has 0 aliphatic carbocycles. The summed E-state index contributed by atoms with van der Waals surface area (Å²) in [6.45, 7) is 4.04. The second kappa shape index (κ2) is 9.12. The Morgan fingerprint density at radius 1 is 1.44 bits per heavy atom. The molecule has 0 atom stereocenters. The van der Waals surface area contributed by atoms with Crippen LogP contribution in [0.3, 0.4) is 0 Å². The Labute approximate surface area is 147 Å². The second-order valence-corrected chi connectivity index (χ2v) is 5.68. The van der Waals surface area contributed by atoms with E-state index in [9.17, 15) is 4.39 Å². The van der Waals surface area contributed by atoms with Crippen LogP contribution in [0, 0.1) is 5.82 Å². The van der Waals surface area contributed by atoms with Crippen LogP contribution in [0.4, 0.5) is 4.39 Å². The molecule has 0 saturated carbocycles. The van der Waals surface area contributed by atoms with Crippen molar-refractivity contribution in [2.75, 3.05) is 20.7 Å². The number of aryl methyl sites for hydroxylation is 1. The van der Waals surface area contributed by atoms with E-state index in [1.807, 2.05) is 25.9 Å². The Morgan fingerprint density at radius 3 is 2.88 bits per heavy atom. The average molecular weight is 348 g/mol. The maximum Gasteiger partial charge on any atom is 0.194 e. The molecule has 0 fully saturated rings. The van der Waals surface area contributed by atoms with Gasteiger partial charge in [0.05, 0.1) is 19.7 Å². The number of nitrogens with one attached hydrogen (secondary N) is 1. The fourth-order valence-corrected chi connectivity index (χ4v) is 2.38. The van der Waals surface area contributed by atoms with E-state index < -0.39 is 0 Å². The van der Waals surface area contributed by atoms with Crippen LogP contribution in [0.2, 0.25) is 0 Å². The standard InChI is InChI=1S/C17H25FN6O/c1-5-19-17(23(2)10-16-21-12-22-24(16)3)20-9-13-6-7-15(18)14(8-13)11-25-4/h6-8,12H,5,9-11H2,1-4H3,(H,19,20). The molecule has 0 aliphatic heterocycles. The predicted octanol–water partition coefficient (Wildman–Crippen LogP) is 1.70. The van der Waals surface area contributed by atoms with Gasteiger partial charge in [0.25, 0.3) is 0 Å². The first-order chi connectivity index (χ1) is 12.0. The van der Waals surface area contributed by atoms with Crippen LogP contribution in [0.5, 0.6) is 0 Å². The molecule has 0 amide bonds. The molecule has 0 radical (unpaired) electrons. The zero-order chi connectivity index (χ0) is 18.2. The van der Waals surface area contributed by atoms with Crippen LogP contribution in [0.1, 0.15) is 23.9 Å². The predicted molar refractivity (Wildman–Crippen MR) is 94.4 cm³/mol. The molecule has 0 saturated heterocycles. The van der Waals surface area contributed by atoms with Gasteiger partial charge in [0.2, 0.25) is 0 Å². The van der Waals surface area contributed by atoms with E-state index in [1.54, 1.807) is 23.9 Å². The molecule has 7 nitrogen and oxygen atoms in total. The van der Waals surface area contributed by atoms with Crippen molar-refractivity contribution in [1.82, 2.24) is 25.0 Å². The summed E-state index contributed by atoms with van der Waals surface area (Å²) in [5.74, 6) is 1.33. The highest BCUT2D eigenvalue weighted by atomic mass is 19.1. The third-order valence-corrected chi connectivity index (χ3v) is 3.70. The van der Waals surface area contributed by atoms with Crippen molar-refractivity contribution in [1.29, 1.82) is 0 Å². The van der Waals surface area contributed by atoms with Gasteiger partial charge in [-0.25, -0.2) is 14.4 Å². The van der Waals surface area contributed by atoms with Gasteiger partial charge in [-0.05, 0) is 24.6 Å². The first-order valence-electron chi connectivity index (χ1n) is 8.13. The van der Waals surface area contributed by atoms with Gasteiger partial charge in [-0.1, -0.05) is 6.07 Å². The quantitative estimate of drug-likeness (QED) is 0.609. The van der Waals surface area contributed by atoms with Gasteiger partial charge < -0.3 is 15.0 Å². The van der Waals surface area contributed by atoms with Gasteiger partial charge >= 0.3 is 0 Å². The first-order valence-corrected chi connectivity index (χ1v) is 8.13. The lowest BCUT2D eigenvalue weighted by Crippen LogP contribution is -2.39. The number of hydrogen-bond acceptors (Lipinski definition) is 4. The van der Waals surface area contributed by atoms with Crippen molar-refractivity contribution in [3.8, 4) is 0 Å². The fraction of sp³-hybridized carbons (Fsp3) is 0.471. The molecule has 2 aromatic rings. The number of ether oxygens (including phenoxy) is 1. The van der Waals surface area contributed by atoms with Crippen molar-refractivity contribution in [3.05, 3.63) is 47.3 Å². The number of methoxy groups -OCH3 is 1. The van der Waals surface area contributed by atoms with E-state index in [0.717, 1.165) is 23.9 Å². The highest BCUT2D eigenvalue weighted by molar-refractivity contribution is 5.79. The molecule has 136 valence electrons. The Bertz CT molecular complexity index is 715. The van der Waals surface area contributed by atoms with Crippen molar-refractivity contribution < 1.29 is 9.13 Å². The third-order valence-electron chi connectivity index (χ3n) is 3.70. The van der Waals surface area contributed by atoms with Gasteiger partial charge in [0, 0.05) is 33.3 Å². The van der Waals surface area contributed by atoms with Crippen LogP contribution < -0.4 is 5.32 Å².